The molecule has 1 aliphatic heterocycles. The van der Waals surface area contributed by atoms with E-state index in [0.717, 1.165) is 32.5 Å². The minimum absolute atomic E-state index is 0.00908. The maximum absolute atomic E-state index is 11.8. The van der Waals surface area contributed by atoms with Crippen LogP contribution in [0.2, 0.25) is 0 Å². The van der Waals surface area contributed by atoms with Crippen LogP contribution in [0.4, 0.5) is 0 Å². The van der Waals surface area contributed by atoms with Crippen molar-refractivity contribution in [3.63, 3.8) is 0 Å². The number of hydrogen-bond acceptors (Lipinski definition) is 6. The van der Waals surface area contributed by atoms with E-state index >= 15 is 0 Å². The summed E-state index contributed by atoms with van der Waals surface area (Å²) in [5.41, 5.74) is -0.165. The van der Waals surface area contributed by atoms with Crippen molar-refractivity contribution < 1.29 is 23.4 Å². The van der Waals surface area contributed by atoms with Gasteiger partial charge in [0.05, 0.1) is 31.2 Å². The average molecular weight is 350 g/mol. The smallest absolute Gasteiger partial charge is 0.213 e. The summed E-state index contributed by atoms with van der Waals surface area (Å²) in [4.78, 5) is 2.27. The van der Waals surface area contributed by atoms with Crippen LogP contribution in [0.15, 0.2) is 0 Å². The number of nitrogens with zero attached hydrogens (tertiary/aromatic N) is 2. The number of ether oxygens (including phenoxy) is 1. The summed E-state index contributed by atoms with van der Waals surface area (Å²) < 4.78 is 30.4. The lowest BCUT2D eigenvalue weighted by atomic mass is 9.58. The molecule has 0 aromatic rings. The Balaban J connectivity index is 1.75. The number of aliphatic hydroxyl groups is 2. The standard InChI is InChI=1S/C15H30N2O5S/c1-16(2)23(20,21)11-3-6-17-7-4-15(5-8-17)13(19)12-14(15)22-10-9-18/h13-14,18-19H,3-12H2,1-2H3/t13-,14+/m1/s1. The monoisotopic (exact) mass is 350 g/mol. The van der Waals surface area contributed by atoms with Crippen LogP contribution in [-0.4, -0.2) is 92.7 Å². The molecule has 0 unspecified atom stereocenters. The number of aliphatic hydroxyl groups excluding tert-OH is 2. The van der Waals surface area contributed by atoms with Gasteiger partial charge < -0.3 is 19.8 Å². The van der Waals surface area contributed by atoms with E-state index in [2.05, 4.69) is 4.90 Å². The van der Waals surface area contributed by atoms with Gasteiger partial charge in [-0.1, -0.05) is 0 Å². The molecule has 2 N–H and O–H groups in total. The summed E-state index contributed by atoms with van der Waals surface area (Å²) in [7, 11) is -0.000160. The SMILES string of the molecule is CN(C)S(=O)(=O)CCCN1CCC2(CC1)[C@H](O)C[C@@H]2OCCO. The van der Waals surface area contributed by atoms with Gasteiger partial charge in [0.25, 0.3) is 0 Å². The molecule has 0 aromatic carbocycles. The topological polar surface area (TPSA) is 90.3 Å². The molecule has 1 spiro atoms. The normalized spacial score (nSPS) is 28.2. The molecule has 1 saturated carbocycles. The van der Waals surface area contributed by atoms with Gasteiger partial charge in [0, 0.05) is 25.9 Å². The molecule has 0 aromatic heterocycles. The highest BCUT2D eigenvalue weighted by Crippen LogP contribution is 2.50. The summed E-state index contributed by atoms with van der Waals surface area (Å²) in [6, 6.07) is 0. The Kier molecular flexibility index (Phi) is 6.43. The fraction of sp³-hybridized carbons (Fsp3) is 1.00. The molecule has 2 rings (SSSR count). The van der Waals surface area contributed by atoms with Gasteiger partial charge in [-0.05, 0) is 38.9 Å². The molecule has 2 atom stereocenters. The molecule has 2 fully saturated rings. The predicted octanol–water partition coefficient (Wildman–Crippen LogP) is -0.508. The molecule has 2 aliphatic rings. The summed E-state index contributed by atoms with van der Waals surface area (Å²) in [6.07, 6.45) is 2.74. The maximum atomic E-state index is 11.8. The highest BCUT2D eigenvalue weighted by molar-refractivity contribution is 7.89. The van der Waals surface area contributed by atoms with E-state index in [-0.39, 0.29) is 30.0 Å². The fourth-order valence-electron chi connectivity index (χ4n) is 3.66. The molecule has 0 bridgehead atoms. The van der Waals surface area contributed by atoms with E-state index in [1.165, 1.54) is 4.31 Å². The number of rotatable bonds is 8. The highest BCUT2D eigenvalue weighted by atomic mass is 32.2. The number of sulfonamides is 1. The van der Waals surface area contributed by atoms with Crippen molar-refractivity contribution in [2.45, 2.75) is 37.9 Å². The van der Waals surface area contributed by atoms with Gasteiger partial charge in [0.15, 0.2) is 0 Å². The summed E-state index contributed by atoms with van der Waals surface area (Å²) in [5.74, 6) is 0.173. The van der Waals surface area contributed by atoms with Crippen LogP contribution in [-0.2, 0) is 14.8 Å². The van der Waals surface area contributed by atoms with E-state index in [0.29, 0.717) is 19.4 Å². The predicted molar refractivity (Wildman–Crippen MR) is 87.6 cm³/mol. The van der Waals surface area contributed by atoms with Crippen molar-refractivity contribution in [3.8, 4) is 0 Å². The third kappa shape index (κ3) is 4.24. The first-order chi connectivity index (χ1) is 10.8. The lowest BCUT2D eigenvalue weighted by Gasteiger charge is -2.56. The van der Waals surface area contributed by atoms with E-state index in [1.54, 1.807) is 14.1 Å². The quantitative estimate of drug-likeness (QED) is 0.613. The molecule has 8 heteroatoms. The van der Waals surface area contributed by atoms with Gasteiger partial charge in [-0.25, -0.2) is 12.7 Å². The second-order valence-electron chi connectivity index (χ2n) is 6.86. The van der Waals surface area contributed by atoms with Gasteiger partial charge in [-0.15, -0.1) is 0 Å². The molecule has 136 valence electrons. The van der Waals surface area contributed by atoms with E-state index < -0.39 is 10.0 Å². The first kappa shape index (κ1) is 19.1. The number of piperidine rings is 1. The van der Waals surface area contributed by atoms with Gasteiger partial charge in [0.1, 0.15) is 0 Å². The summed E-state index contributed by atoms with van der Waals surface area (Å²) >= 11 is 0. The Labute approximate surface area is 139 Å². The molecular formula is C15H30N2O5S. The third-order valence-electron chi connectivity index (χ3n) is 5.37. The molecule has 0 amide bonds. The van der Waals surface area contributed by atoms with Crippen molar-refractivity contribution in [3.05, 3.63) is 0 Å². The van der Waals surface area contributed by atoms with Crippen LogP contribution in [0, 0.1) is 5.41 Å². The summed E-state index contributed by atoms with van der Waals surface area (Å²) in [5, 5.41) is 19.1. The van der Waals surface area contributed by atoms with E-state index in [1.807, 2.05) is 0 Å². The van der Waals surface area contributed by atoms with Crippen molar-refractivity contribution >= 4 is 10.0 Å². The third-order valence-corrected chi connectivity index (χ3v) is 7.29. The fourth-order valence-corrected chi connectivity index (χ4v) is 4.52. The molecule has 1 aliphatic carbocycles. The van der Waals surface area contributed by atoms with E-state index in [9.17, 15) is 13.5 Å². The van der Waals surface area contributed by atoms with Crippen LogP contribution in [0.5, 0.6) is 0 Å². The largest absolute Gasteiger partial charge is 0.394 e. The van der Waals surface area contributed by atoms with Crippen molar-refractivity contribution in [2.24, 2.45) is 5.41 Å². The zero-order valence-corrected chi connectivity index (χ0v) is 15.0. The lowest BCUT2D eigenvalue weighted by Crippen LogP contribution is -2.62. The lowest BCUT2D eigenvalue weighted by molar-refractivity contribution is -0.213. The zero-order valence-electron chi connectivity index (χ0n) is 14.1. The first-order valence-corrected chi connectivity index (χ1v) is 9.96. The number of likely N-dealkylation sites (tertiary alicyclic amines) is 1. The van der Waals surface area contributed by atoms with Crippen LogP contribution in [0.3, 0.4) is 0 Å². The minimum atomic E-state index is -3.12. The number of hydrogen-bond donors (Lipinski definition) is 2. The Hall–Kier alpha value is -0.250. The van der Waals surface area contributed by atoms with Gasteiger partial charge in [-0.2, -0.15) is 0 Å². The van der Waals surface area contributed by atoms with Crippen molar-refractivity contribution in [1.82, 2.24) is 9.21 Å². The zero-order chi connectivity index (χ0) is 17.1. The van der Waals surface area contributed by atoms with E-state index in [4.69, 9.17) is 9.84 Å². The molecule has 7 nitrogen and oxygen atoms in total. The van der Waals surface area contributed by atoms with Gasteiger partial charge in [0.2, 0.25) is 10.0 Å². The van der Waals surface area contributed by atoms with Gasteiger partial charge >= 0.3 is 0 Å². The van der Waals surface area contributed by atoms with Crippen LogP contribution in [0.25, 0.3) is 0 Å². The second-order valence-corrected chi connectivity index (χ2v) is 9.16. The average Bonchev–Trinajstić information content (AvgIpc) is 2.51. The van der Waals surface area contributed by atoms with Gasteiger partial charge in [-0.3, -0.25) is 0 Å². The molecule has 1 heterocycles. The summed E-state index contributed by atoms with van der Waals surface area (Å²) in [6.45, 7) is 2.82. The Morgan fingerprint density at radius 2 is 1.96 bits per heavy atom. The Bertz CT molecular complexity index is 474. The van der Waals surface area contributed by atoms with Crippen LogP contribution < -0.4 is 0 Å². The maximum Gasteiger partial charge on any atom is 0.213 e. The first-order valence-electron chi connectivity index (χ1n) is 8.35. The Morgan fingerprint density at radius 3 is 2.48 bits per heavy atom. The minimum Gasteiger partial charge on any atom is -0.394 e. The molecule has 23 heavy (non-hydrogen) atoms. The molecule has 1 saturated heterocycles. The Morgan fingerprint density at radius 1 is 1.30 bits per heavy atom. The van der Waals surface area contributed by atoms with Crippen LogP contribution in [0.1, 0.15) is 25.7 Å². The van der Waals surface area contributed by atoms with Crippen molar-refractivity contribution in [2.75, 3.05) is 52.7 Å². The van der Waals surface area contributed by atoms with Crippen LogP contribution >= 0.6 is 0 Å². The van der Waals surface area contributed by atoms with Crippen molar-refractivity contribution in [1.29, 1.82) is 0 Å². The molecular weight excluding hydrogens is 320 g/mol. The highest BCUT2D eigenvalue weighted by Gasteiger charge is 2.55. The second kappa shape index (κ2) is 7.76. The molecule has 0 radical (unpaired) electrons.